The summed E-state index contributed by atoms with van der Waals surface area (Å²) in [5.74, 6) is 0.602. The van der Waals surface area contributed by atoms with Gasteiger partial charge in [0.25, 0.3) is 10.0 Å². The molecule has 27 heavy (non-hydrogen) atoms. The monoisotopic (exact) mass is 402 g/mol. The summed E-state index contributed by atoms with van der Waals surface area (Å²) in [5, 5.41) is 0. The third kappa shape index (κ3) is 5.32. The van der Waals surface area contributed by atoms with Gasteiger partial charge in [-0.1, -0.05) is 30.4 Å². The highest BCUT2D eigenvalue weighted by molar-refractivity contribution is 7.92. The van der Waals surface area contributed by atoms with Gasteiger partial charge in [0.2, 0.25) is 0 Å². The van der Waals surface area contributed by atoms with Crippen molar-refractivity contribution >= 4 is 40.3 Å². The molecule has 0 aliphatic heterocycles. The van der Waals surface area contributed by atoms with Crippen molar-refractivity contribution in [3.8, 4) is 5.75 Å². The molecular formula is C20H19ClN2O3S. The van der Waals surface area contributed by atoms with E-state index in [2.05, 4.69) is 9.71 Å². The second kappa shape index (κ2) is 9.21. The molecule has 0 aliphatic rings. The van der Waals surface area contributed by atoms with E-state index in [-0.39, 0.29) is 17.3 Å². The van der Waals surface area contributed by atoms with Gasteiger partial charge >= 0.3 is 0 Å². The van der Waals surface area contributed by atoms with Crippen molar-refractivity contribution in [1.29, 1.82) is 0 Å². The van der Waals surface area contributed by atoms with Gasteiger partial charge in [-0.25, -0.2) is 8.42 Å². The molecule has 0 saturated heterocycles. The largest absolute Gasteiger partial charge is 0.497 e. The fourth-order valence-electron chi connectivity index (χ4n) is 2.35. The van der Waals surface area contributed by atoms with Gasteiger partial charge in [-0.05, 0) is 53.6 Å². The Hall–Kier alpha value is -2.83. The maximum Gasteiger partial charge on any atom is 0.261 e. The number of hydrogen-bond donors (Lipinski definition) is 1. The molecule has 0 aliphatic carbocycles. The first-order valence-corrected chi connectivity index (χ1v) is 9.41. The average Bonchev–Trinajstić information content (AvgIpc) is 2.68. The number of halogens is 1. The number of benzene rings is 2. The summed E-state index contributed by atoms with van der Waals surface area (Å²) in [4.78, 5) is 4.15. The highest BCUT2D eigenvalue weighted by atomic mass is 35.5. The molecule has 0 unspecified atom stereocenters. The van der Waals surface area contributed by atoms with Gasteiger partial charge in [0.1, 0.15) is 5.75 Å². The molecular weight excluding hydrogens is 384 g/mol. The average molecular weight is 403 g/mol. The van der Waals surface area contributed by atoms with Crippen molar-refractivity contribution in [1.82, 2.24) is 4.98 Å². The molecule has 3 aromatic rings. The molecule has 1 heterocycles. The Bertz CT molecular complexity index is 1000. The lowest BCUT2D eigenvalue weighted by atomic mass is 10.1. The minimum atomic E-state index is -3.69. The summed E-state index contributed by atoms with van der Waals surface area (Å²) < 4.78 is 33.0. The van der Waals surface area contributed by atoms with Crippen LogP contribution < -0.4 is 9.46 Å². The molecule has 0 amide bonds. The number of methoxy groups -OCH3 is 1. The Labute approximate surface area is 165 Å². The van der Waals surface area contributed by atoms with E-state index in [9.17, 15) is 8.42 Å². The summed E-state index contributed by atoms with van der Waals surface area (Å²) in [6, 6.07) is 17.2. The SMILES string of the molecule is COc1ccc(S(=O)(=O)Nc2ccccc2/C=C/c2ccncc2)cc1.Cl. The van der Waals surface area contributed by atoms with Crippen LogP contribution in [0.3, 0.4) is 0 Å². The molecule has 3 rings (SSSR count). The van der Waals surface area contributed by atoms with Crippen molar-refractivity contribution in [3.63, 3.8) is 0 Å². The van der Waals surface area contributed by atoms with Gasteiger partial charge in [-0.15, -0.1) is 12.4 Å². The zero-order valence-corrected chi connectivity index (χ0v) is 16.2. The normalized spacial score (nSPS) is 11.0. The van der Waals surface area contributed by atoms with E-state index >= 15 is 0 Å². The number of sulfonamides is 1. The van der Waals surface area contributed by atoms with E-state index in [1.54, 1.807) is 36.7 Å². The lowest BCUT2D eigenvalue weighted by Gasteiger charge is -2.11. The molecule has 7 heteroatoms. The Morgan fingerprint density at radius 1 is 0.926 bits per heavy atom. The lowest BCUT2D eigenvalue weighted by molar-refractivity contribution is 0.414. The summed E-state index contributed by atoms with van der Waals surface area (Å²) in [6.07, 6.45) is 7.18. The molecule has 0 bridgehead atoms. The highest BCUT2D eigenvalue weighted by Gasteiger charge is 2.15. The minimum absolute atomic E-state index is 0. The van der Waals surface area contributed by atoms with Gasteiger partial charge in [0, 0.05) is 12.4 Å². The molecule has 0 saturated carbocycles. The van der Waals surface area contributed by atoms with Crippen LogP contribution in [0.15, 0.2) is 78.0 Å². The van der Waals surface area contributed by atoms with Crippen LogP contribution in [0.4, 0.5) is 5.69 Å². The predicted octanol–water partition coefficient (Wildman–Crippen LogP) is 4.48. The molecule has 0 fully saturated rings. The van der Waals surface area contributed by atoms with Crippen molar-refractivity contribution in [2.75, 3.05) is 11.8 Å². The second-order valence-corrected chi connectivity index (χ2v) is 7.16. The van der Waals surface area contributed by atoms with Gasteiger partial charge in [0.15, 0.2) is 0 Å². The second-order valence-electron chi connectivity index (χ2n) is 5.48. The van der Waals surface area contributed by atoms with Crippen molar-refractivity contribution in [2.45, 2.75) is 4.90 Å². The van der Waals surface area contributed by atoms with Crippen LogP contribution >= 0.6 is 12.4 Å². The number of hydrogen-bond acceptors (Lipinski definition) is 4. The first-order chi connectivity index (χ1) is 12.6. The molecule has 140 valence electrons. The fourth-order valence-corrected chi connectivity index (χ4v) is 3.44. The quantitative estimate of drug-likeness (QED) is 0.659. The Balaban J connectivity index is 0.00000261. The zero-order chi connectivity index (χ0) is 18.4. The number of ether oxygens (including phenoxy) is 1. The first kappa shape index (κ1) is 20.5. The lowest BCUT2D eigenvalue weighted by Crippen LogP contribution is -2.13. The maximum absolute atomic E-state index is 12.6. The summed E-state index contributed by atoms with van der Waals surface area (Å²) in [7, 11) is -2.16. The van der Waals surface area contributed by atoms with Crippen LogP contribution in [0.1, 0.15) is 11.1 Å². The minimum Gasteiger partial charge on any atom is -0.497 e. The van der Waals surface area contributed by atoms with E-state index in [1.807, 2.05) is 36.4 Å². The van der Waals surface area contributed by atoms with Crippen molar-refractivity contribution < 1.29 is 13.2 Å². The van der Waals surface area contributed by atoms with Crippen molar-refractivity contribution in [2.24, 2.45) is 0 Å². The molecule has 0 atom stereocenters. The number of para-hydroxylation sites is 1. The molecule has 5 nitrogen and oxygen atoms in total. The number of rotatable bonds is 6. The Morgan fingerprint density at radius 2 is 1.59 bits per heavy atom. The topological polar surface area (TPSA) is 68.3 Å². The maximum atomic E-state index is 12.6. The summed E-state index contributed by atoms with van der Waals surface area (Å²) in [6.45, 7) is 0. The van der Waals surface area contributed by atoms with Crippen LogP contribution in [0, 0.1) is 0 Å². The van der Waals surface area contributed by atoms with Gasteiger partial charge in [0.05, 0.1) is 17.7 Å². The number of aromatic nitrogens is 1. The third-order valence-electron chi connectivity index (χ3n) is 3.74. The van der Waals surface area contributed by atoms with Crippen molar-refractivity contribution in [3.05, 3.63) is 84.2 Å². The Kier molecular flexibility index (Phi) is 6.98. The number of pyridine rings is 1. The van der Waals surface area contributed by atoms with Crippen LogP contribution in [-0.4, -0.2) is 20.5 Å². The molecule has 0 radical (unpaired) electrons. The van der Waals surface area contributed by atoms with Gasteiger partial charge in [-0.2, -0.15) is 0 Å². The van der Waals surface area contributed by atoms with E-state index in [1.165, 1.54) is 19.2 Å². The van der Waals surface area contributed by atoms with Gasteiger partial charge in [-0.3, -0.25) is 9.71 Å². The van der Waals surface area contributed by atoms with Crippen LogP contribution in [0.25, 0.3) is 12.2 Å². The highest BCUT2D eigenvalue weighted by Crippen LogP contribution is 2.23. The van der Waals surface area contributed by atoms with E-state index in [0.29, 0.717) is 11.4 Å². The smallest absolute Gasteiger partial charge is 0.261 e. The zero-order valence-electron chi connectivity index (χ0n) is 14.6. The number of anilines is 1. The Morgan fingerprint density at radius 3 is 2.26 bits per heavy atom. The molecule has 0 spiro atoms. The van der Waals surface area contributed by atoms with Crippen LogP contribution in [-0.2, 0) is 10.0 Å². The standard InChI is InChI=1S/C20H18N2O3S.ClH/c1-25-18-8-10-19(11-9-18)26(23,24)22-20-5-3-2-4-17(20)7-6-16-12-14-21-15-13-16;/h2-15,22H,1H3;1H/b7-6+;. The fraction of sp³-hybridized carbons (Fsp3) is 0.0500. The number of nitrogens with one attached hydrogen (secondary N) is 1. The summed E-state index contributed by atoms with van der Waals surface area (Å²) >= 11 is 0. The predicted molar refractivity (Wildman–Crippen MR) is 111 cm³/mol. The molecule has 1 aromatic heterocycles. The van der Waals surface area contributed by atoms with E-state index < -0.39 is 10.0 Å². The van der Waals surface area contributed by atoms with E-state index in [0.717, 1.165) is 11.1 Å². The number of nitrogens with zero attached hydrogens (tertiary/aromatic N) is 1. The van der Waals surface area contributed by atoms with E-state index in [4.69, 9.17) is 4.74 Å². The molecule has 2 aromatic carbocycles. The van der Waals surface area contributed by atoms with Crippen LogP contribution in [0.2, 0.25) is 0 Å². The summed E-state index contributed by atoms with van der Waals surface area (Å²) in [5.41, 5.74) is 2.25. The first-order valence-electron chi connectivity index (χ1n) is 7.92. The van der Waals surface area contributed by atoms with Crippen LogP contribution in [0.5, 0.6) is 5.75 Å². The van der Waals surface area contributed by atoms with Gasteiger partial charge < -0.3 is 4.74 Å². The molecule has 1 N–H and O–H groups in total. The third-order valence-corrected chi connectivity index (χ3v) is 5.12.